The van der Waals surface area contributed by atoms with Crippen LogP contribution in [0.1, 0.15) is 23.7 Å². The Balaban J connectivity index is 1.74. The van der Waals surface area contributed by atoms with Crippen LogP contribution in [0.3, 0.4) is 0 Å². The van der Waals surface area contributed by atoms with E-state index in [0.29, 0.717) is 24.7 Å². The van der Waals surface area contributed by atoms with E-state index < -0.39 is 0 Å². The van der Waals surface area contributed by atoms with Crippen LogP contribution in [0.5, 0.6) is 0 Å². The smallest absolute Gasteiger partial charge is 0.227 e. The Bertz CT molecular complexity index is 551. The van der Waals surface area contributed by atoms with Gasteiger partial charge in [0.05, 0.1) is 0 Å². The van der Waals surface area contributed by atoms with E-state index in [9.17, 15) is 9.18 Å². The van der Waals surface area contributed by atoms with E-state index in [1.165, 1.54) is 12.1 Å². The lowest BCUT2D eigenvalue weighted by molar-refractivity contribution is -0.121. The Morgan fingerprint density at radius 2 is 2.11 bits per heavy atom. The van der Waals surface area contributed by atoms with E-state index in [0.717, 1.165) is 5.56 Å². The van der Waals surface area contributed by atoms with Gasteiger partial charge in [-0.15, -0.1) is 0 Å². The molecular weight excluding hydrogens is 249 g/mol. The second-order valence-corrected chi connectivity index (χ2v) is 4.14. The fourth-order valence-corrected chi connectivity index (χ4v) is 1.55. The van der Waals surface area contributed by atoms with Crippen LogP contribution in [0, 0.1) is 12.7 Å². The molecule has 0 aliphatic rings. The fourth-order valence-electron chi connectivity index (χ4n) is 1.55. The first-order valence-corrected chi connectivity index (χ1v) is 5.94. The van der Waals surface area contributed by atoms with Crippen molar-refractivity contribution < 1.29 is 13.7 Å². The number of carbonyl (C=O) groups is 1. The zero-order chi connectivity index (χ0) is 13.7. The van der Waals surface area contributed by atoms with Crippen molar-refractivity contribution in [1.82, 2.24) is 15.5 Å². The molecule has 0 aliphatic carbocycles. The lowest BCUT2D eigenvalue weighted by atomic mass is 10.2. The van der Waals surface area contributed by atoms with Gasteiger partial charge in [-0.3, -0.25) is 4.79 Å². The average molecular weight is 263 g/mol. The lowest BCUT2D eigenvalue weighted by Gasteiger charge is -2.04. The number of hydrogen-bond acceptors (Lipinski definition) is 4. The molecule has 0 unspecified atom stereocenters. The summed E-state index contributed by atoms with van der Waals surface area (Å²) in [5.41, 5.74) is 0.850. The molecule has 0 atom stereocenters. The number of hydrogen-bond donors (Lipinski definition) is 1. The number of nitrogens with one attached hydrogen (secondary N) is 1. The summed E-state index contributed by atoms with van der Waals surface area (Å²) in [5.74, 6) is 0.609. The van der Waals surface area contributed by atoms with Crippen LogP contribution in [0.2, 0.25) is 0 Å². The van der Waals surface area contributed by atoms with Crippen LogP contribution < -0.4 is 5.32 Å². The van der Waals surface area contributed by atoms with Gasteiger partial charge in [-0.2, -0.15) is 4.98 Å². The summed E-state index contributed by atoms with van der Waals surface area (Å²) in [6.07, 6.45) is 0.693. The van der Waals surface area contributed by atoms with Gasteiger partial charge in [0.15, 0.2) is 5.82 Å². The summed E-state index contributed by atoms with van der Waals surface area (Å²) in [7, 11) is 0. The van der Waals surface area contributed by atoms with Gasteiger partial charge in [0, 0.05) is 19.4 Å². The molecule has 1 heterocycles. The van der Waals surface area contributed by atoms with Gasteiger partial charge in [0.2, 0.25) is 11.8 Å². The SMILES string of the molecule is Cc1noc(CCC(=O)NCc2ccc(F)cc2)n1. The van der Waals surface area contributed by atoms with Crippen molar-refractivity contribution in [3.05, 3.63) is 47.4 Å². The Morgan fingerprint density at radius 1 is 1.37 bits per heavy atom. The molecule has 2 rings (SSSR count). The van der Waals surface area contributed by atoms with E-state index in [-0.39, 0.29) is 18.1 Å². The highest BCUT2D eigenvalue weighted by atomic mass is 19.1. The summed E-state index contributed by atoms with van der Waals surface area (Å²) in [6.45, 7) is 2.10. The third-order valence-corrected chi connectivity index (χ3v) is 2.54. The van der Waals surface area contributed by atoms with Crippen LogP contribution in [0.15, 0.2) is 28.8 Å². The van der Waals surface area contributed by atoms with Crippen molar-refractivity contribution >= 4 is 5.91 Å². The summed E-state index contributed by atoms with van der Waals surface area (Å²) in [4.78, 5) is 15.6. The predicted molar refractivity (Wildman–Crippen MR) is 65.6 cm³/mol. The molecule has 1 aromatic heterocycles. The van der Waals surface area contributed by atoms with Crippen molar-refractivity contribution in [3.63, 3.8) is 0 Å². The van der Waals surface area contributed by atoms with Gasteiger partial charge in [0.25, 0.3) is 0 Å². The Hall–Kier alpha value is -2.24. The maximum absolute atomic E-state index is 12.7. The molecule has 1 aromatic carbocycles. The van der Waals surface area contributed by atoms with E-state index >= 15 is 0 Å². The first kappa shape index (κ1) is 13.2. The zero-order valence-electron chi connectivity index (χ0n) is 10.5. The van der Waals surface area contributed by atoms with Crippen LogP contribution in [-0.2, 0) is 17.8 Å². The molecule has 100 valence electrons. The highest BCUT2D eigenvalue weighted by Crippen LogP contribution is 2.03. The maximum Gasteiger partial charge on any atom is 0.227 e. The minimum absolute atomic E-state index is 0.111. The number of aryl methyl sites for hydroxylation is 2. The maximum atomic E-state index is 12.7. The lowest BCUT2D eigenvalue weighted by Crippen LogP contribution is -2.23. The average Bonchev–Trinajstić information content (AvgIpc) is 2.81. The molecule has 0 spiro atoms. The Kier molecular flexibility index (Phi) is 4.22. The number of nitrogens with zero attached hydrogens (tertiary/aromatic N) is 2. The van der Waals surface area contributed by atoms with E-state index in [4.69, 9.17) is 4.52 Å². The van der Waals surface area contributed by atoms with Gasteiger partial charge < -0.3 is 9.84 Å². The fraction of sp³-hybridized carbons (Fsp3) is 0.308. The minimum atomic E-state index is -0.290. The quantitative estimate of drug-likeness (QED) is 0.892. The Morgan fingerprint density at radius 3 is 2.74 bits per heavy atom. The standard InChI is InChI=1S/C13H14FN3O2/c1-9-16-13(19-17-9)7-6-12(18)15-8-10-2-4-11(14)5-3-10/h2-5H,6-8H2,1H3,(H,15,18). The second kappa shape index (κ2) is 6.08. The second-order valence-electron chi connectivity index (χ2n) is 4.14. The van der Waals surface area contributed by atoms with Crippen LogP contribution in [-0.4, -0.2) is 16.0 Å². The van der Waals surface area contributed by atoms with Crippen LogP contribution in [0.25, 0.3) is 0 Å². The number of amides is 1. The number of rotatable bonds is 5. The van der Waals surface area contributed by atoms with Gasteiger partial charge in [0.1, 0.15) is 5.82 Å². The van der Waals surface area contributed by atoms with Gasteiger partial charge in [-0.1, -0.05) is 17.3 Å². The highest BCUT2D eigenvalue weighted by molar-refractivity contribution is 5.75. The van der Waals surface area contributed by atoms with Gasteiger partial charge in [-0.25, -0.2) is 4.39 Å². The molecular formula is C13H14FN3O2. The molecule has 5 nitrogen and oxygen atoms in total. The number of benzene rings is 1. The van der Waals surface area contributed by atoms with E-state index in [1.807, 2.05) is 0 Å². The molecule has 0 saturated heterocycles. The minimum Gasteiger partial charge on any atom is -0.352 e. The van der Waals surface area contributed by atoms with Crippen LogP contribution in [0.4, 0.5) is 4.39 Å². The van der Waals surface area contributed by atoms with Gasteiger partial charge >= 0.3 is 0 Å². The normalized spacial score (nSPS) is 10.4. The van der Waals surface area contributed by atoms with Crippen molar-refractivity contribution in [2.24, 2.45) is 0 Å². The molecule has 1 N–H and O–H groups in total. The molecule has 1 amide bonds. The Labute approximate surface area is 109 Å². The third-order valence-electron chi connectivity index (χ3n) is 2.54. The molecule has 0 radical (unpaired) electrons. The van der Waals surface area contributed by atoms with E-state index in [2.05, 4.69) is 15.5 Å². The largest absolute Gasteiger partial charge is 0.352 e. The summed E-state index contributed by atoms with van der Waals surface area (Å²) in [5, 5.41) is 6.39. The molecule has 6 heteroatoms. The third kappa shape index (κ3) is 4.17. The zero-order valence-corrected chi connectivity index (χ0v) is 10.5. The summed E-state index contributed by atoms with van der Waals surface area (Å²) in [6, 6.07) is 6.00. The molecule has 0 fully saturated rings. The van der Waals surface area contributed by atoms with Crippen molar-refractivity contribution in [3.8, 4) is 0 Å². The van der Waals surface area contributed by atoms with Crippen molar-refractivity contribution in [1.29, 1.82) is 0 Å². The van der Waals surface area contributed by atoms with Crippen LogP contribution >= 0.6 is 0 Å². The van der Waals surface area contributed by atoms with Crippen molar-refractivity contribution in [2.45, 2.75) is 26.3 Å². The summed E-state index contributed by atoms with van der Waals surface area (Å²) < 4.78 is 17.6. The monoisotopic (exact) mass is 263 g/mol. The molecule has 0 aliphatic heterocycles. The predicted octanol–water partition coefficient (Wildman–Crippen LogP) is 1.77. The first-order chi connectivity index (χ1) is 9.13. The van der Waals surface area contributed by atoms with Gasteiger partial charge in [-0.05, 0) is 24.6 Å². The summed E-state index contributed by atoms with van der Waals surface area (Å²) >= 11 is 0. The highest BCUT2D eigenvalue weighted by Gasteiger charge is 2.07. The van der Waals surface area contributed by atoms with Crippen molar-refractivity contribution in [2.75, 3.05) is 0 Å². The first-order valence-electron chi connectivity index (χ1n) is 5.94. The number of aromatic nitrogens is 2. The van der Waals surface area contributed by atoms with E-state index in [1.54, 1.807) is 19.1 Å². The number of carbonyl (C=O) groups excluding carboxylic acids is 1. The molecule has 2 aromatic rings. The topological polar surface area (TPSA) is 68.0 Å². The number of halogens is 1. The molecule has 19 heavy (non-hydrogen) atoms. The molecule has 0 saturated carbocycles. The molecule has 0 bridgehead atoms.